The van der Waals surface area contributed by atoms with Crippen LogP contribution in [0.25, 0.3) is 0 Å². The number of carbonyl (C=O) groups is 1. The molecule has 0 saturated carbocycles. The molecular formula is C20H23NO4. The maximum Gasteiger partial charge on any atom is 0.330 e. The van der Waals surface area contributed by atoms with Crippen LogP contribution in [-0.4, -0.2) is 37.0 Å². The SMILES string of the molecule is CCCOc1ccc(C=N[C@@H](Cc2ccccc2)C(=O)OC)c(O)c1. The van der Waals surface area contributed by atoms with E-state index in [1.54, 1.807) is 18.2 Å². The molecule has 0 spiro atoms. The molecule has 2 aromatic rings. The Hall–Kier alpha value is -2.82. The predicted octanol–water partition coefficient (Wildman–Crippen LogP) is 3.38. The van der Waals surface area contributed by atoms with Crippen LogP contribution in [0.5, 0.6) is 11.5 Å². The highest BCUT2D eigenvalue weighted by atomic mass is 16.5. The van der Waals surface area contributed by atoms with Crippen LogP contribution in [0.15, 0.2) is 53.5 Å². The van der Waals surface area contributed by atoms with Crippen molar-refractivity contribution in [3.05, 3.63) is 59.7 Å². The zero-order chi connectivity index (χ0) is 18.1. The van der Waals surface area contributed by atoms with Gasteiger partial charge in [-0.3, -0.25) is 4.99 Å². The number of phenolic OH excluding ortho intramolecular Hbond substituents is 1. The molecule has 0 aliphatic rings. The quantitative estimate of drug-likeness (QED) is 0.590. The average molecular weight is 341 g/mol. The molecule has 0 aliphatic carbocycles. The van der Waals surface area contributed by atoms with Gasteiger partial charge in [0.1, 0.15) is 11.5 Å². The Morgan fingerprint density at radius 1 is 1.24 bits per heavy atom. The minimum Gasteiger partial charge on any atom is -0.507 e. The Labute approximate surface area is 147 Å². The zero-order valence-electron chi connectivity index (χ0n) is 14.5. The maximum absolute atomic E-state index is 12.0. The van der Waals surface area contributed by atoms with Crippen molar-refractivity contribution in [3.8, 4) is 11.5 Å². The van der Waals surface area contributed by atoms with Crippen LogP contribution in [-0.2, 0) is 16.0 Å². The third-order valence-corrected chi connectivity index (χ3v) is 3.61. The highest BCUT2D eigenvalue weighted by Crippen LogP contribution is 2.22. The van der Waals surface area contributed by atoms with Gasteiger partial charge in [-0.25, -0.2) is 4.79 Å². The molecule has 0 radical (unpaired) electrons. The minimum atomic E-state index is -0.664. The standard InChI is InChI=1S/C20H23NO4/c1-3-11-25-17-10-9-16(19(22)13-17)14-21-18(20(23)24-2)12-15-7-5-4-6-8-15/h4-10,13-14,18,22H,3,11-12H2,1-2H3/t18-/m0/s1. The molecule has 132 valence electrons. The van der Waals surface area contributed by atoms with Crippen molar-refractivity contribution < 1.29 is 19.4 Å². The number of methoxy groups -OCH3 is 1. The van der Waals surface area contributed by atoms with E-state index in [0.717, 1.165) is 12.0 Å². The number of aromatic hydroxyl groups is 1. The van der Waals surface area contributed by atoms with E-state index < -0.39 is 12.0 Å². The molecule has 0 heterocycles. The predicted molar refractivity (Wildman–Crippen MR) is 97.4 cm³/mol. The number of aliphatic imine (C=N–C) groups is 1. The zero-order valence-corrected chi connectivity index (χ0v) is 14.5. The number of esters is 1. The van der Waals surface area contributed by atoms with Crippen molar-refractivity contribution in [1.29, 1.82) is 0 Å². The number of nitrogens with zero attached hydrogens (tertiary/aromatic N) is 1. The van der Waals surface area contributed by atoms with Crippen LogP contribution >= 0.6 is 0 Å². The van der Waals surface area contributed by atoms with Gasteiger partial charge in [0.25, 0.3) is 0 Å². The van der Waals surface area contributed by atoms with E-state index in [1.807, 2.05) is 37.3 Å². The number of hydrogen-bond acceptors (Lipinski definition) is 5. The lowest BCUT2D eigenvalue weighted by Crippen LogP contribution is -2.23. The maximum atomic E-state index is 12.0. The molecule has 5 heteroatoms. The third-order valence-electron chi connectivity index (χ3n) is 3.61. The van der Waals surface area contributed by atoms with Gasteiger partial charge in [0, 0.05) is 24.3 Å². The van der Waals surface area contributed by atoms with Crippen LogP contribution in [0.1, 0.15) is 24.5 Å². The molecular weight excluding hydrogens is 318 g/mol. The highest BCUT2D eigenvalue weighted by molar-refractivity contribution is 5.86. The summed E-state index contributed by atoms with van der Waals surface area (Å²) in [6.45, 7) is 2.61. The first-order valence-corrected chi connectivity index (χ1v) is 8.24. The fourth-order valence-electron chi connectivity index (χ4n) is 2.28. The second kappa shape index (κ2) is 9.47. The van der Waals surface area contributed by atoms with Crippen molar-refractivity contribution >= 4 is 12.2 Å². The van der Waals surface area contributed by atoms with Crippen LogP contribution in [0.3, 0.4) is 0 Å². The van der Waals surface area contributed by atoms with Crippen molar-refractivity contribution in [2.45, 2.75) is 25.8 Å². The largest absolute Gasteiger partial charge is 0.507 e. The minimum absolute atomic E-state index is 0.0562. The monoisotopic (exact) mass is 341 g/mol. The van der Waals surface area contributed by atoms with E-state index in [-0.39, 0.29) is 5.75 Å². The summed E-state index contributed by atoms with van der Waals surface area (Å²) in [5.41, 5.74) is 1.51. The molecule has 1 N–H and O–H groups in total. The summed E-state index contributed by atoms with van der Waals surface area (Å²) in [6.07, 6.45) is 2.82. The van der Waals surface area contributed by atoms with Crippen molar-refractivity contribution in [3.63, 3.8) is 0 Å². The number of ether oxygens (including phenoxy) is 2. The summed E-state index contributed by atoms with van der Waals surface area (Å²) in [4.78, 5) is 16.3. The van der Waals surface area contributed by atoms with Gasteiger partial charge in [-0.05, 0) is 24.1 Å². The molecule has 5 nitrogen and oxygen atoms in total. The van der Waals surface area contributed by atoms with E-state index in [2.05, 4.69) is 4.99 Å². The molecule has 0 bridgehead atoms. The molecule has 0 aliphatic heterocycles. The number of carbonyl (C=O) groups excluding carboxylic acids is 1. The Balaban J connectivity index is 2.13. The van der Waals surface area contributed by atoms with Crippen molar-refractivity contribution in [2.24, 2.45) is 4.99 Å². The van der Waals surface area contributed by atoms with E-state index in [9.17, 15) is 9.90 Å². The average Bonchev–Trinajstić information content (AvgIpc) is 2.64. The fourth-order valence-corrected chi connectivity index (χ4v) is 2.28. The van der Waals surface area contributed by atoms with E-state index in [4.69, 9.17) is 9.47 Å². The van der Waals surface area contributed by atoms with Gasteiger partial charge in [0.2, 0.25) is 0 Å². The van der Waals surface area contributed by atoms with Crippen LogP contribution in [0, 0.1) is 0 Å². The normalized spacial score (nSPS) is 12.1. The fraction of sp³-hybridized carbons (Fsp3) is 0.300. The summed E-state index contributed by atoms with van der Waals surface area (Å²) in [5, 5.41) is 10.1. The van der Waals surface area contributed by atoms with E-state index in [1.165, 1.54) is 13.3 Å². The molecule has 2 rings (SSSR count). The molecule has 0 saturated heterocycles. The summed E-state index contributed by atoms with van der Waals surface area (Å²) in [5.74, 6) is 0.244. The van der Waals surface area contributed by atoms with Gasteiger partial charge in [0.15, 0.2) is 6.04 Å². The summed E-state index contributed by atoms with van der Waals surface area (Å²) in [7, 11) is 1.34. The van der Waals surface area contributed by atoms with Crippen LogP contribution < -0.4 is 4.74 Å². The molecule has 1 atom stereocenters. The van der Waals surface area contributed by atoms with Gasteiger partial charge in [0.05, 0.1) is 13.7 Å². The summed E-state index contributed by atoms with van der Waals surface area (Å²) in [6, 6.07) is 14.0. The van der Waals surface area contributed by atoms with Gasteiger partial charge < -0.3 is 14.6 Å². The Bertz CT molecular complexity index is 713. The van der Waals surface area contributed by atoms with Gasteiger partial charge in [-0.15, -0.1) is 0 Å². The highest BCUT2D eigenvalue weighted by Gasteiger charge is 2.18. The van der Waals surface area contributed by atoms with Crippen molar-refractivity contribution in [1.82, 2.24) is 0 Å². The molecule has 25 heavy (non-hydrogen) atoms. The number of rotatable bonds is 8. The lowest BCUT2D eigenvalue weighted by Gasteiger charge is -2.11. The number of benzene rings is 2. The second-order valence-corrected chi connectivity index (χ2v) is 5.58. The van der Waals surface area contributed by atoms with Gasteiger partial charge >= 0.3 is 5.97 Å². The first-order valence-electron chi connectivity index (χ1n) is 8.24. The number of hydrogen-bond donors (Lipinski definition) is 1. The smallest absolute Gasteiger partial charge is 0.330 e. The Kier molecular flexibility index (Phi) is 7.01. The Morgan fingerprint density at radius 2 is 2.00 bits per heavy atom. The van der Waals surface area contributed by atoms with Crippen LogP contribution in [0.4, 0.5) is 0 Å². The van der Waals surface area contributed by atoms with Crippen molar-refractivity contribution in [2.75, 3.05) is 13.7 Å². The second-order valence-electron chi connectivity index (χ2n) is 5.58. The molecule has 0 aromatic heterocycles. The number of phenols is 1. The first-order chi connectivity index (χ1) is 12.1. The van der Waals surface area contributed by atoms with Gasteiger partial charge in [-0.2, -0.15) is 0 Å². The van der Waals surface area contributed by atoms with E-state index in [0.29, 0.717) is 24.3 Å². The summed E-state index contributed by atoms with van der Waals surface area (Å²) >= 11 is 0. The third kappa shape index (κ3) is 5.64. The van der Waals surface area contributed by atoms with E-state index >= 15 is 0 Å². The van der Waals surface area contributed by atoms with Crippen LogP contribution in [0.2, 0.25) is 0 Å². The molecule has 0 unspecified atom stereocenters. The van der Waals surface area contributed by atoms with Gasteiger partial charge in [-0.1, -0.05) is 37.3 Å². The Morgan fingerprint density at radius 3 is 2.64 bits per heavy atom. The molecule has 0 amide bonds. The lowest BCUT2D eigenvalue weighted by molar-refractivity contribution is -0.142. The molecule has 2 aromatic carbocycles. The summed E-state index contributed by atoms with van der Waals surface area (Å²) < 4.78 is 10.3. The first kappa shape index (κ1) is 18.5. The topological polar surface area (TPSA) is 68.1 Å². The lowest BCUT2D eigenvalue weighted by atomic mass is 10.1. The molecule has 0 fully saturated rings.